The number of aromatic nitrogens is 3. The van der Waals surface area contributed by atoms with Crippen LogP contribution in [0.1, 0.15) is 29.8 Å². The van der Waals surface area contributed by atoms with E-state index in [9.17, 15) is 22.8 Å². The molecule has 1 atom stereocenters. The maximum absolute atomic E-state index is 12.9. The van der Waals surface area contributed by atoms with Gasteiger partial charge in [-0.25, -0.2) is 9.67 Å². The van der Waals surface area contributed by atoms with E-state index in [0.717, 1.165) is 17.7 Å². The Morgan fingerprint density at radius 3 is 2.43 bits per heavy atom. The summed E-state index contributed by atoms with van der Waals surface area (Å²) in [6, 6.07) is 17.1. The van der Waals surface area contributed by atoms with Crippen LogP contribution in [-0.4, -0.2) is 61.7 Å². The number of amides is 2. The second-order valence-corrected chi connectivity index (χ2v) is 11.6. The van der Waals surface area contributed by atoms with Crippen LogP contribution in [0.4, 0.5) is 18.9 Å². The number of aliphatic imine (C=N–C) groups is 1. The number of aryl methyl sites for hydroxylation is 1. The van der Waals surface area contributed by atoms with Crippen molar-refractivity contribution in [2.75, 3.05) is 24.8 Å². The zero-order chi connectivity index (χ0) is 33.2. The summed E-state index contributed by atoms with van der Waals surface area (Å²) in [6.45, 7) is 3.30. The van der Waals surface area contributed by atoms with Crippen LogP contribution in [0.2, 0.25) is 0 Å². The van der Waals surface area contributed by atoms with Gasteiger partial charge < -0.3 is 15.0 Å². The second-order valence-electron chi connectivity index (χ2n) is 10.2. The van der Waals surface area contributed by atoms with E-state index in [0.29, 0.717) is 39.2 Å². The molecule has 3 aromatic carbocycles. The Hall–Kier alpha value is -4.76. The number of hydrogen-bond donors (Lipinski definition) is 1. The highest BCUT2D eigenvalue weighted by Gasteiger charge is 2.32. The van der Waals surface area contributed by atoms with Gasteiger partial charge in [0.25, 0.3) is 0 Å². The lowest BCUT2D eigenvalue weighted by molar-refractivity contribution is -0.137. The number of methoxy groups -OCH3 is 1. The Kier molecular flexibility index (Phi) is 9.44. The molecule has 2 heterocycles. The van der Waals surface area contributed by atoms with Crippen molar-refractivity contribution in [2.45, 2.75) is 26.2 Å². The number of ether oxygens (including phenoxy) is 1. The molecule has 0 spiro atoms. The molecule has 1 fully saturated rings. The molecule has 46 heavy (non-hydrogen) atoms. The molecule has 0 aliphatic carbocycles. The Morgan fingerprint density at radius 1 is 1.13 bits per heavy atom. The number of halogens is 3. The van der Waals surface area contributed by atoms with Crippen molar-refractivity contribution in [2.24, 2.45) is 4.99 Å². The highest BCUT2D eigenvalue weighted by molar-refractivity contribution is 8.15. The van der Waals surface area contributed by atoms with Gasteiger partial charge in [0.15, 0.2) is 16.1 Å². The Balaban J connectivity index is 1.35. The first-order valence-corrected chi connectivity index (χ1v) is 15.2. The third-order valence-electron chi connectivity index (χ3n) is 7.19. The predicted molar refractivity (Wildman–Crippen MR) is 174 cm³/mol. The van der Waals surface area contributed by atoms with E-state index < -0.39 is 17.9 Å². The quantitative estimate of drug-likeness (QED) is 0.196. The molecule has 1 saturated heterocycles. The number of thioether (sulfide) groups is 1. The van der Waals surface area contributed by atoms with Crippen LogP contribution in [0, 0.1) is 6.92 Å². The van der Waals surface area contributed by atoms with Crippen molar-refractivity contribution in [3.8, 4) is 22.8 Å². The number of carbonyl (C=O) groups excluding carboxylic acids is 2. The number of anilines is 1. The Bertz CT molecular complexity index is 1810. The molecule has 10 nitrogen and oxygen atoms in total. The van der Waals surface area contributed by atoms with E-state index in [4.69, 9.17) is 17.0 Å². The minimum Gasteiger partial charge on any atom is -0.497 e. The lowest BCUT2D eigenvalue weighted by Crippen LogP contribution is -2.41. The highest BCUT2D eigenvalue weighted by atomic mass is 32.2. The average molecular weight is 668 g/mol. The first-order valence-electron chi connectivity index (χ1n) is 13.8. The summed E-state index contributed by atoms with van der Waals surface area (Å²) >= 11 is 6.83. The van der Waals surface area contributed by atoms with Gasteiger partial charge in [0, 0.05) is 19.5 Å². The highest BCUT2D eigenvalue weighted by Crippen LogP contribution is 2.32. The summed E-state index contributed by atoms with van der Waals surface area (Å²) in [4.78, 5) is 37.1. The zero-order valence-electron chi connectivity index (χ0n) is 25.1. The van der Waals surface area contributed by atoms with Crippen molar-refractivity contribution in [3.63, 3.8) is 0 Å². The molecular formula is C31H28F3N7O3S2. The fourth-order valence-corrected chi connectivity index (χ4v) is 5.77. The number of thiocarbonyl (C=S) groups is 1. The van der Waals surface area contributed by atoms with Crippen LogP contribution in [0.3, 0.4) is 0 Å². The number of benzene rings is 3. The summed E-state index contributed by atoms with van der Waals surface area (Å²) < 4.78 is 45.4. The summed E-state index contributed by atoms with van der Waals surface area (Å²) in [7, 11) is 3.19. The largest absolute Gasteiger partial charge is 0.497 e. The number of carbonyl (C=O) groups is 2. The molecule has 1 aliphatic heterocycles. The smallest absolute Gasteiger partial charge is 0.416 e. The minimum atomic E-state index is -4.43. The van der Waals surface area contributed by atoms with E-state index in [-0.39, 0.29) is 22.7 Å². The number of amidine groups is 1. The lowest BCUT2D eigenvalue weighted by atomic mass is 10.1. The molecule has 0 radical (unpaired) electrons. The van der Waals surface area contributed by atoms with Gasteiger partial charge in [-0.15, -0.1) is 5.10 Å². The van der Waals surface area contributed by atoms with Gasteiger partial charge >= 0.3 is 6.18 Å². The third-order valence-corrected chi connectivity index (χ3v) is 8.32. The number of nitrogens with one attached hydrogen (secondary N) is 1. The van der Waals surface area contributed by atoms with Crippen LogP contribution in [-0.2, 0) is 15.8 Å². The van der Waals surface area contributed by atoms with Crippen molar-refractivity contribution < 1.29 is 27.5 Å². The van der Waals surface area contributed by atoms with Gasteiger partial charge in [0.1, 0.15) is 18.2 Å². The van der Waals surface area contributed by atoms with Crippen LogP contribution in [0.5, 0.6) is 5.75 Å². The molecule has 4 aromatic rings. The van der Waals surface area contributed by atoms with Crippen molar-refractivity contribution >= 4 is 51.8 Å². The van der Waals surface area contributed by atoms with E-state index >= 15 is 0 Å². The van der Waals surface area contributed by atoms with Gasteiger partial charge in [0.05, 0.1) is 29.8 Å². The minimum absolute atomic E-state index is 0.0764. The fraction of sp³-hybridized carbons (Fsp3) is 0.226. The van der Waals surface area contributed by atoms with Crippen molar-refractivity contribution in [3.05, 3.63) is 89.7 Å². The summed E-state index contributed by atoms with van der Waals surface area (Å²) in [5.41, 5.74) is 2.50. The van der Waals surface area contributed by atoms with E-state index in [1.165, 1.54) is 51.6 Å². The molecule has 1 N–H and O–H groups in total. The average Bonchev–Trinajstić information content (AvgIpc) is 3.66. The first kappa shape index (κ1) is 32.6. The predicted octanol–water partition coefficient (Wildman–Crippen LogP) is 5.76. The normalized spacial score (nSPS) is 14.8. The molecule has 0 saturated carbocycles. The van der Waals surface area contributed by atoms with E-state index in [2.05, 4.69) is 20.4 Å². The molecule has 0 bridgehead atoms. The maximum Gasteiger partial charge on any atom is 0.416 e. The zero-order valence-corrected chi connectivity index (χ0v) is 26.7. The number of alkyl halides is 3. The molecule has 1 aliphatic rings. The molecule has 5 rings (SSSR count). The van der Waals surface area contributed by atoms with E-state index in [1.54, 1.807) is 50.6 Å². The van der Waals surface area contributed by atoms with Crippen LogP contribution >= 0.6 is 24.0 Å². The number of rotatable bonds is 7. The number of nitrogens with zero attached hydrogens (tertiary/aromatic N) is 6. The Morgan fingerprint density at radius 2 is 1.83 bits per heavy atom. The molecule has 238 valence electrons. The van der Waals surface area contributed by atoms with Crippen molar-refractivity contribution in [1.82, 2.24) is 25.0 Å². The summed E-state index contributed by atoms with van der Waals surface area (Å²) in [6.07, 6.45) is -3.71. The van der Waals surface area contributed by atoms with Crippen LogP contribution in [0.25, 0.3) is 17.1 Å². The third kappa shape index (κ3) is 7.05. The topological polar surface area (TPSA) is 105 Å². The van der Waals surface area contributed by atoms with Gasteiger partial charge in [-0.3, -0.25) is 14.5 Å². The van der Waals surface area contributed by atoms with Crippen molar-refractivity contribution in [1.29, 1.82) is 0 Å². The van der Waals surface area contributed by atoms with E-state index in [1.807, 2.05) is 13.0 Å². The number of hydrogen-bond acceptors (Lipinski definition) is 7. The monoisotopic (exact) mass is 667 g/mol. The molecule has 2 amide bonds. The van der Waals surface area contributed by atoms with Gasteiger partial charge in [-0.1, -0.05) is 36.0 Å². The van der Waals surface area contributed by atoms with Crippen LogP contribution < -0.4 is 15.0 Å². The molecular weight excluding hydrogens is 640 g/mol. The summed E-state index contributed by atoms with van der Waals surface area (Å²) in [5.74, 6) is 0.862. The van der Waals surface area contributed by atoms with Gasteiger partial charge in [-0.2, -0.15) is 18.2 Å². The Labute approximate surface area is 272 Å². The van der Waals surface area contributed by atoms with Gasteiger partial charge in [-0.05, 0) is 72.7 Å². The summed E-state index contributed by atoms with van der Waals surface area (Å²) in [5, 5.41) is 8.01. The molecule has 1 aromatic heterocycles. The van der Waals surface area contributed by atoms with Gasteiger partial charge in [0.2, 0.25) is 11.8 Å². The second kappa shape index (κ2) is 13.3. The molecule has 15 heteroatoms. The first-order chi connectivity index (χ1) is 21.8. The molecule has 1 unspecified atom stereocenters. The maximum atomic E-state index is 12.9. The fourth-order valence-electron chi connectivity index (χ4n) is 4.65. The SMILES string of the molecule is COc1ccc(N2C(=O)CSC2=NC(=S)NC(c2ccc(-c3ncn(-c4ccc(C(F)(F)F)cc4)n3)cc2)N(C)C(C)=O)c(C)c1. The lowest BCUT2D eigenvalue weighted by Gasteiger charge is -2.29. The standard InChI is InChI=1S/C31H28F3N7O3S2/c1-18-15-24(44-4)13-14-25(18)41-26(43)16-46-30(41)37-29(45)36-28(39(3)19(2)42)21-7-5-20(6-8-21)27-35-17-40(38-27)23-11-9-22(10-12-23)31(32,33)34/h5-15,17,28H,16H2,1-4H3,(H,36,45). The van der Waals surface area contributed by atoms with Crippen LogP contribution in [0.15, 0.2) is 78.0 Å².